The number of aromatic nitrogens is 4. The van der Waals surface area contributed by atoms with E-state index in [1.165, 1.54) is 0 Å². The van der Waals surface area contributed by atoms with Crippen molar-refractivity contribution in [1.29, 1.82) is 0 Å². The molecule has 0 saturated carbocycles. The van der Waals surface area contributed by atoms with Gasteiger partial charge in [-0.05, 0) is 23.8 Å². The maximum absolute atomic E-state index is 5.63. The summed E-state index contributed by atoms with van der Waals surface area (Å²) in [6, 6.07) is 5.75. The molecule has 3 aromatic rings. The van der Waals surface area contributed by atoms with Crippen molar-refractivity contribution in [2.24, 2.45) is 0 Å². The van der Waals surface area contributed by atoms with E-state index in [1.807, 2.05) is 18.2 Å². The predicted molar refractivity (Wildman–Crippen MR) is 76.0 cm³/mol. The van der Waals surface area contributed by atoms with E-state index in [-0.39, 0.29) is 0 Å². The van der Waals surface area contributed by atoms with Crippen LogP contribution in [0.15, 0.2) is 43.0 Å². The van der Waals surface area contributed by atoms with E-state index in [9.17, 15) is 0 Å². The van der Waals surface area contributed by atoms with Gasteiger partial charge in [-0.25, -0.2) is 4.98 Å². The standard InChI is InChI=1S/C14H13N5O/c1-20-11-4-10(6-16-7-11)9-2-3-17-12(5-9)14-18-8-13(15)19-14/h2-8H,15H2,1H3,(H,18,19). The Balaban J connectivity index is 2.02. The highest BCUT2D eigenvalue weighted by Crippen LogP contribution is 2.25. The van der Waals surface area contributed by atoms with Crippen LogP contribution in [0.25, 0.3) is 22.6 Å². The zero-order chi connectivity index (χ0) is 13.9. The fourth-order valence-corrected chi connectivity index (χ4v) is 1.89. The summed E-state index contributed by atoms with van der Waals surface area (Å²) in [5.74, 6) is 1.86. The van der Waals surface area contributed by atoms with Crippen molar-refractivity contribution in [2.75, 3.05) is 12.8 Å². The van der Waals surface area contributed by atoms with Crippen LogP contribution in [-0.4, -0.2) is 27.0 Å². The molecule has 6 nitrogen and oxygen atoms in total. The maximum Gasteiger partial charge on any atom is 0.157 e. The average Bonchev–Trinajstić information content (AvgIpc) is 2.94. The summed E-state index contributed by atoms with van der Waals surface area (Å²) in [5.41, 5.74) is 8.29. The van der Waals surface area contributed by atoms with E-state index in [1.54, 1.807) is 31.9 Å². The molecular formula is C14H13N5O. The van der Waals surface area contributed by atoms with Gasteiger partial charge in [0.05, 0.1) is 19.5 Å². The summed E-state index contributed by atoms with van der Waals surface area (Å²) in [4.78, 5) is 15.6. The number of anilines is 1. The highest BCUT2D eigenvalue weighted by Gasteiger charge is 2.06. The highest BCUT2D eigenvalue weighted by molar-refractivity contribution is 5.68. The number of ether oxygens (including phenoxy) is 1. The Morgan fingerprint density at radius 1 is 1.10 bits per heavy atom. The van der Waals surface area contributed by atoms with Crippen molar-refractivity contribution in [3.63, 3.8) is 0 Å². The molecule has 20 heavy (non-hydrogen) atoms. The molecule has 0 atom stereocenters. The molecule has 0 bridgehead atoms. The van der Waals surface area contributed by atoms with E-state index in [0.29, 0.717) is 17.4 Å². The van der Waals surface area contributed by atoms with E-state index in [0.717, 1.165) is 16.8 Å². The van der Waals surface area contributed by atoms with Crippen LogP contribution in [0.3, 0.4) is 0 Å². The second-order valence-corrected chi connectivity index (χ2v) is 4.23. The first-order chi connectivity index (χ1) is 9.76. The third-order valence-corrected chi connectivity index (χ3v) is 2.88. The largest absolute Gasteiger partial charge is 0.495 e. The smallest absolute Gasteiger partial charge is 0.157 e. The van der Waals surface area contributed by atoms with Crippen LogP contribution in [0, 0.1) is 0 Å². The Hall–Kier alpha value is -2.89. The second kappa shape index (κ2) is 5.00. The number of nitrogens with one attached hydrogen (secondary N) is 1. The molecule has 0 radical (unpaired) electrons. The molecule has 3 rings (SSSR count). The van der Waals surface area contributed by atoms with Crippen molar-refractivity contribution in [3.05, 3.63) is 43.0 Å². The van der Waals surface area contributed by atoms with Crippen molar-refractivity contribution < 1.29 is 4.74 Å². The number of imidazole rings is 1. The molecule has 0 spiro atoms. The number of H-pyrrole nitrogens is 1. The number of rotatable bonds is 3. The van der Waals surface area contributed by atoms with Crippen molar-refractivity contribution in [2.45, 2.75) is 0 Å². The molecule has 100 valence electrons. The van der Waals surface area contributed by atoms with Gasteiger partial charge in [0.25, 0.3) is 0 Å². The van der Waals surface area contributed by atoms with E-state index in [2.05, 4.69) is 19.9 Å². The van der Waals surface area contributed by atoms with Crippen molar-refractivity contribution in [3.8, 4) is 28.4 Å². The quantitative estimate of drug-likeness (QED) is 0.758. The summed E-state index contributed by atoms with van der Waals surface area (Å²) < 4.78 is 5.18. The Morgan fingerprint density at radius 3 is 2.75 bits per heavy atom. The van der Waals surface area contributed by atoms with E-state index < -0.39 is 0 Å². The first-order valence-electron chi connectivity index (χ1n) is 6.02. The Bertz CT molecular complexity index is 738. The third-order valence-electron chi connectivity index (χ3n) is 2.88. The summed E-state index contributed by atoms with van der Waals surface area (Å²) >= 11 is 0. The minimum absolute atomic E-state index is 0.509. The number of nitrogen functional groups attached to an aromatic ring is 1. The Morgan fingerprint density at radius 2 is 2.00 bits per heavy atom. The van der Waals surface area contributed by atoms with Crippen LogP contribution in [0.4, 0.5) is 5.82 Å². The van der Waals surface area contributed by atoms with Gasteiger partial charge in [0.1, 0.15) is 17.3 Å². The van der Waals surface area contributed by atoms with Crippen LogP contribution < -0.4 is 10.5 Å². The van der Waals surface area contributed by atoms with E-state index in [4.69, 9.17) is 10.5 Å². The summed E-state index contributed by atoms with van der Waals surface area (Å²) in [7, 11) is 1.62. The number of hydrogen-bond donors (Lipinski definition) is 2. The molecule has 0 aliphatic heterocycles. The Kier molecular flexibility index (Phi) is 3.04. The topological polar surface area (TPSA) is 89.7 Å². The average molecular weight is 267 g/mol. The fraction of sp³-hybridized carbons (Fsp3) is 0.0714. The lowest BCUT2D eigenvalue weighted by Gasteiger charge is -2.05. The highest BCUT2D eigenvalue weighted by atomic mass is 16.5. The molecule has 0 aliphatic carbocycles. The lowest BCUT2D eigenvalue weighted by atomic mass is 10.1. The minimum atomic E-state index is 0.509. The van der Waals surface area contributed by atoms with Gasteiger partial charge in [0.15, 0.2) is 5.82 Å². The van der Waals surface area contributed by atoms with Gasteiger partial charge in [-0.2, -0.15) is 0 Å². The number of methoxy groups -OCH3 is 1. The van der Waals surface area contributed by atoms with Gasteiger partial charge in [0, 0.05) is 18.0 Å². The molecular weight excluding hydrogens is 254 g/mol. The van der Waals surface area contributed by atoms with Crippen LogP contribution in [0.1, 0.15) is 0 Å². The normalized spacial score (nSPS) is 10.4. The molecule has 0 amide bonds. The maximum atomic E-state index is 5.63. The van der Waals surface area contributed by atoms with Crippen molar-refractivity contribution in [1.82, 2.24) is 19.9 Å². The zero-order valence-corrected chi connectivity index (χ0v) is 10.9. The van der Waals surface area contributed by atoms with Crippen LogP contribution >= 0.6 is 0 Å². The second-order valence-electron chi connectivity index (χ2n) is 4.23. The number of nitrogens with two attached hydrogens (primary N) is 1. The van der Waals surface area contributed by atoms with Crippen molar-refractivity contribution >= 4 is 5.82 Å². The van der Waals surface area contributed by atoms with Gasteiger partial charge in [-0.15, -0.1) is 0 Å². The number of hydrogen-bond acceptors (Lipinski definition) is 5. The molecule has 0 fully saturated rings. The predicted octanol–water partition coefficient (Wildman–Crippen LogP) is 2.12. The van der Waals surface area contributed by atoms with E-state index >= 15 is 0 Å². The fourth-order valence-electron chi connectivity index (χ4n) is 1.89. The summed E-state index contributed by atoms with van der Waals surface area (Å²) in [5, 5.41) is 0. The minimum Gasteiger partial charge on any atom is -0.495 e. The Labute approximate surface area is 115 Å². The van der Waals surface area contributed by atoms with Crippen LogP contribution in [0.5, 0.6) is 5.75 Å². The van der Waals surface area contributed by atoms with Gasteiger partial charge < -0.3 is 15.5 Å². The third kappa shape index (κ3) is 2.31. The number of pyridine rings is 2. The molecule has 6 heteroatoms. The van der Waals surface area contributed by atoms with Crippen LogP contribution in [0.2, 0.25) is 0 Å². The van der Waals surface area contributed by atoms with Gasteiger partial charge >= 0.3 is 0 Å². The molecule has 0 unspecified atom stereocenters. The molecule has 0 aromatic carbocycles. The molecule has 3 heterocycles. The SMILES string of the molecule is COc1cncc(-c2ccnc(-c3ncc(N)[nH]3)c2)c1. The molecule has 0 saturated heterocycles. The van der Waals surface area contributed by atoms with Crippen LogP contribution in [-0.2, 0) is 0 Å². The monoisotopic (exact) mass is 267 g/mol. The van der Waals surface area contributed by atoms with Gasteiger partial charge in [0.2, 0.25) is 0 Å². The first kappa shape index (κ1) is 12.2. The number of aromatic amines is 1. The summed E-state index contributed by atoms with van der Waals surface area (Å²) in [6.07, 6.45) is 6.73. The van der Waals surface area contributed by atoms with Gasteiger partial charge in [-0.3, -0.25) is 9.97 Å². The molecule has 3 aromatic heterocycles. The number of nitrogens with zero attached hydrogens (tertiary/aromatic N) is 3. The first-order valence-corrected chi connectivity index (χ1v) is 6.02. The lowest BCUT2D eigenvalue weighted by molar-refractivity contribution is 0.413. The lowest BCUT2D eigenvalue weighted by Crippen LogP contribution is -1.90. The molecule has 0 aliphatic rings. The zero-order valence-electron chi connectivity index (χ0n) is 10.9. The molecule has 3 N–H and O–H groups in total. The van der Waals surface area contributed by atoms with Gasteiger partial charge in [-0.1, -0.05) is 0 Å². The summed E-state index contributed by atoms with van der Waals surface area (Å²) in [6.45, 7) is 0.